The molecular formula is C14H15F3N4OS. The van der Waals surface area contributed by atoms with Gasteiger partial charge in [-0.1, -0.05) is 5.16 Å². The van der Waals surface area contributed by atoms with Crippen molar-refractivity contribution in [3.05, 3.63) is 22.8 Å². The molecule has 0 atom stereocenters. The van der Waals surface area contributed by atoms with Gasteiger partial charge in [0.25, 0.3) is 0 Å². The van der Waals surface area contributed by atoms with Gasteiger partial charge in [0.05, 0.1) is 0 Å². The monoisotopic (exact) mass is 344 g/mol. The summed E-state index contributed by atoms with van der Waals surface area (Å²) in [6.07, 6.45) is -0.552. The Morgan fingerprint density at radius 1 is 1.09 bits per heavy atom. The minimum Gasteiger partial charge on any atom is -0.348 e. The molecule has 1 saturated heterocycles. The van der Waals surface area contributed by atoms with E-state index in [4.69, 9.17) is 4.52 Å². The van der Waals surface area contributed by atoms with Crippen LogP contribution in [0.4, 0.5) is 18.3 Å². The average Bonchev–Trinajstić information content (AvgIpc) is 3.05. The van der Waals surface area contributed by atoms with E-state index in [0.29, 0.717) is 24.1 Å². The minimum absolute atomic E-state index is 0.213. The van der Waals surface area contributed by atoms with Gasteiger partial charge in [-0.15, -0.1) is 11.3 Å². The Labute approximate surface area is 134 Å². The molecule has 0 radical (unpaired) electrons. The Balaban J connectivity index is 1.39. The average molecular weight is 344 g/mol. The highest BCUT2D eigenvalue weighted by atomic mass is 32.1. The van der Waals surface area contributed by atoms with Crippen molar-refractivity contribution < 1.29 is 17.7 Å². The fraction of sp³-hybridized carbons (Fsp3) is 0.643. The molecule has 23 heavy (non-hydrogen) atoms. The number of hydrogen-bond acceptors (Lipinski definition) is 6. The van der Waals surface area contributed by atoms with Crippen molar-refractivity contribution in [2.45, 2.75) is 43.7 Å². The molecule has 0 N–H and O–H groups in total. The van der Waals surface area contributed by atoms with Crippen LogP contribution in [-0.2, 0) is 6.18 Å². The molecule has 4 rings (SSSR count). The molecule has 2 aliphatic rings. The third kappa shape index (κ3) is 3.06. The van der Waals surface area contributed by atoms with Crippen LogP contribution in [-0.4, -0.2) is 28.2 Å². The quantitative estimate of drug-likeness (QED) is 0.847. The first kappa shape index (κ1) is 14.9. The van der Waals surface area contributed by atoms with Crippen LogP contribution in [0.25, 0.3) is 0 Å². The van der Waals surface area contributed by atoms with Gasteiger partial charge in [-0.05, 0) is 25.7 Å². The maximum atomic E-state index is 12.6. The molecule has 2 aromatic rings. The molecule has 0 unspecified atom stereocenters. The summed E-state index contributed by atoms with van der Waals surface area (Å²) in [7, 11) is 0. The van der Waals surface area contributed by atoms with Crippen LogP contribution >= 0.6 is 11.3 Å². The summed E-state index contributed by atoms with van der Waals surface area (Å²) in [4.78, 5) is 10.1. The maximum absolute atomic E-state index is 12.6. The molecule has 1 saturated carbocycles. The van der Waals surface area contributed by atoms with Crippen LogP contribution in [0.1, 0.15) is 54.9 Å². The summed E-state index contributed by atoms with van der Waals surface area (Å²) in [5, 5.41) is 5.57. The first-order valence-corrected chi connectivity index (χ1v) is 8.50. The summed E-state index contributed by atoms with van der Waals surface area (Å²) in [5.41, 5.74) is -0.813. The number of anilines is 1. The summed E-state index contributed by atoms with van der Waals surface area (Å²) >= 11 is 1.04. The van der Waals surface area contributed by atoms with Crippen LogP contribution in [0.2, 0.25) is 0 Å². The van der Waals surface area contributed by atoms with Gasteiger partial charge < -0.3 is 9.42 Å². The summed E-state index contributed by atoms with van der Waals surface area (Å²) < 4.78 is 43.2. The molecule has 2 aromatic heterocycles. The second-order valence-corrected chi connectivity index (χ2v) is 6.88. The molecule has 124 valence electrons. The van der Waals surface area contributed by atoms with Crippen molar-refractivity contribution in [3.8, 4) is 0 Å². The van der Waals surface area contributed by atoms with Gasteiger partial charge in [0.1, 0.15) is 0 Å². The Kier molecular flexibility index (Phi) is 3.55. The van der Waals surface area contributed by atoms with Gasteiger partial charge in [-0.25, -0.2) is 4.98 Å². The number of piperidine rings is 1. The third-order valence-corrected chi connectivity index (χ3v) is 5.20. The van der Waals surface area contributed by atoms with Crippen molar-refractivity contribution in [1.82, 2.24) is 15.1 Å². The largest absolute Gasteiger partial charge is 0.434 e. The molecule has 0 bridgehead atoms. The van der Waals surface area contributed by atoms with Gasteiger partial charge >= 0.3 is 6.18 Å². The van der Waals surface area contributed by atoms with Crippen LogP contribution in [0, 0.1) is 0 Å². The molecule has 0 spiro atoms. The lowest BCUT2D eigenvalue weighted by Crippen LogP contribution is -2.33. The number of rotatable bonds is 3. The number of hydrogen-bond donors (Lipinski definition) is 0. The first-order valence-electron chi connectivity index (χ1n) is 7.62. The van der Waals surface area contributed by atoms with E-state index >= 15 is 0 Å². The standard InChI is InChI=1S/C14H15F3N4OS/c15-14(16,17)10-7-23-13(18-10)21-5-3-8(4-6-21)11-19-12(22-20-11)9-1-2-9/h7-9H,1-6H2. The Hall–Kier alpha value is -1.64. The third-order valence-electron chi connectivity index (χ3n) is 4.30. The zero-order valence-corrected chi connectivity index (χ0v) is 13.0. The number of alkyl halides is 3. The smallest absolute Gasteiger partial charge is 0.348 e. The lowest BCUT2D eigenvalue weighted by atomic mass is 9.96. The molecule has 0 amide bonds. The van der Waals surface area contributed by atoms with Crippen LogP contribution in [0.5, 0.6) is 0 Å². The van der Waals surface area contributed by atoms with E-state index < -0.39 is 11.9 Å². The predicted molar refractivity (Wildman–Crippen MR) is 77.6 cm³/mol. The SMILES string of the molecule is FC(F)(F)c1csc(N2CCC(c3noc(C4CC4)n3)CC2)n1. The van der Waals surface area contributed by atoms with E-state index in [1.54, 1.807) is 0 Å². The van der Waals surface area contributed by atoms with E-state index in [9.17, 15) is 13.2 Å². The number of halogens is 3. The van der Waals surface area contributed by atoms with E-state index in [0.717, 1.165) is 54.1 Å². The maximum Gasteiger partial charge on any atom is 0.434 e. The highest BCUT2D eigenvalue weighted by molar-refractivity contribution is 7.13. The Morgan fingerprint density at radius 2 is 1.83 bits per heavy atom. The van der Waals surface area contributed by atoms with E-state index in [2.05, 4.69) is 15.1 Å². The molecule has 3 heterocycles. The predicted octanol–water partition coefficient (Wildman–Crippen LogP) is 3.81. The molecule has 5 nitrogen and oxygen atoms in total. The van der Waals surface area contributed by atoms with Gasteiger partial charge in [0, 0.05) is 30.3 Å². The topological polar surface area (TPSA) is 55.1 Å². The van der Waals surface area contributed by atoms with Crippen LogP contribution in [0.15, 0.2) is 9.90 Å². The van der Waals surface area contributed by atoms with E-state index in [1.165, 1.54) is 0 Å². The number of aromatic nitrogens is 3. The number of thiazole rings is 1. The number of nitrogens with zero attached hydrogens (tertiary/aromatic N) is 4. The molecule has 2 fully saturated rings. The molecule has 9 heteroatoms. The Morgan fingerprint density at radius 3 is 2.43 bits per heavy atom. The van der Waals surface area contributed by atoms with Gasteiger partial charge in [0.15, 0.2) is 16.6 Å². The second-order valence-electron chi connectivity index (χ2n) is 6.04. The van der Waals surface area contributed by atoms with E-state index in [1.807, 2.05) is 4.90 Å². The highest BCUT2D eigenvalue weighted by Crippen LogP contribution is 2.40. The van der Waals surface area contributed by atoms with Crippen molar-refractivity contribution in [1.29, 1.82) is 0 Å². The Bertz CT molecular complexity index is 686. The summed E-state index contributed by atoms with van der Waals surface area (Å²) in [6, 6.07) is 0. The van der Waals surface area contributed by atoms with Crippen molar-refractivity contribution in [2.75, 3.05) is 18.0 Å². The van der Waals surface area contributed by atoms with E-state index in [-0.39, 0.29) is 5.92 Å². The lowest BCUT2D eigenvalue weighted by molar-refractivity contribution is -0.140. The van der Waals surface area contributed by atoms with Gasteiger partial charge in [-0.3, -0.25) is 0 Å². The van der Waals surface area contributed by atoms with Gasteiger partial charge in [0.2, 0.25) is 5.89 Å². The minimum atomic E-state index is -4.38. The normalized spacial score (nSPS) is 20.2. The van der Waals surface area contributed by atoms with Crippen molar-refractivity contribution in [2.24, 2.45) is 0 Å². The molecule has 0 aromatic carbocycles. The van der Waals surface area contributed by atoms with Crippen molar-refractivity contribution in [3.63, 3.8) is 0 Å². The van der Waals surface area contributed by atoms with Crippen LogP contribution < -0.4 is 4.90 Å². The molecule has 1 aliphatic carbocycles. The summed E-state index contributed by atoms with van der Waals surface area (Å²) in [5.74, 6) is 2.12. The van der Waals surface area contributed by atoms with Gasteiger partial charge in [-0.2, -0.15) is 18.2 Å². The van der Waals surface area contributed by atoms with Crippen LogP contribution in [0.3, 0.4) is 0 Å². The lowest BCUT2D eigenvalue weighted by Gasteiger charge is -2.30. The van der Waals surface area contributed by atoms with Crippen molar-refractivity contribution >= 4 is 16.5 Å². The zero-order chi connectivity index (χ0) is 16.0. The zero-order valence-electron chi connectivity index (χ0n) is 12.2. The first-order chi connectivity index (χ1) is 11.0. The fourth-order valence-electron chi connectivity index (χ4n) is 2.78. The second kappa shape index (κ2) is 5.47. The fourth-order valence-corrected chi connectivity index (χ4v) is 3.66. The molecular weight excluding hydrogens is 329 g/mol. The highest BCUT2D eigenvalue weighted by Gasteiger charge is 2.35. The summed E-state index contributed by atoms with van der Waals surface area (Å²) in [6.45, 7) is 1.31. The molecule has 1 aliphatic heterocycles.